The monoisotopic (exact) mass is 367 g/mol. The fraction of sp³-hybridized carbons (Fsp3) is 0.0833. The number of para-hydroxylation sites is 2. The van der Waals surface area contributed by atoms with Gasteiger partial charge >= 0.3 is 0 Å². The predicted molar refractivity (Wildman–Crippen MR) is 114 cm³/mol. The number of rotatable bonds is 4. The Kier molecular flexibility index (Phi) is 4.77. The van der Waals surface area contributed by atoms with E-state index in [2.05, 4.69) is 23.3 Å². The van der Waals surface area contributed by atoms with E-state index in [9.17, 15) is 4.79 Å². The highest BCUT2D eigenvalue weighted by molar-refractivity contribution is 5.68. The van der Waals surface area contributed by atoms with Gasteiger partial charge in [0.2, 0.25) is 5.95 Å². The van der Waals surface area contributed by atoms with Gasteiger partial charge < -0.3 is 5.32 Å². The molecule has 0 radical (unpaired) electrons. The van der Waals surface area contributed by atoms with E-state index >= 15 is 0 Å². The molecule has 1 N–H and O–H groups in total. The topological polar surface area (TPSA) is 46.9 Å². The number of benzene rings is 3. The Balaban J connectivity index is 2.00. The summed E-state index contributed by atoms with van der Waals surface area (Å²) in [6.07, 6.45) is 0. The molecular weight excluding hydrogens is 346 g/mol. The fourth-order valence-corrected chi connectivity index (χ4v) is 3.28. The summed E-state index contributed by atoms with van der Waals surface area (Å²) in [5.74, 6) is 0.495. The maximum Gasteiger partial charge on any atom is 0.275 e. The lowest BCUT2D eigenvalue weighted by molar-refractivity contribution is 0.973. The molecule has 4 nitrogen and oxygen atoms in total. The van der Waals surface area contributed by atoms with Crippen LogP contribution in [-0.2, 0) is 0 Å². The zero-order chi connectivity index (χ0) is 19.5. The lowest BCUT2D eigenvalue weighted by atomic mass is 10.1. The van der Waals surface area contributed by atoms with Gasteiger partial charge in [-0.2, -0.15) is 4.98 Å². The summed E-state index contributed by atoms with van der Waals surface area (Å²) in [4.78, 5) is 16.8. The summed E-state index contributed by atoms with van der Waals surface area (Å²) in [5, 5.41) is 3.37. The van der Waals surface area contributed by atoms with Gasteiger partial charge in [-0.3, -0.25) is 9.36 Å². The van der Waals surface area contributed by atoms with E-state index in [4.69, 9.17) is 0 Å². The van der Waals surface area contributed by atoms with Crippen molar-refractivity contribution >= 4 is 11.6 Å². The van der Waals surface area contributed by atoms with Crippen LogP contribution in [0.2, 0.25) is 0 Å². The van der Waals surface area contributed by atoms with Crippen LogP contribution in [0.5, 0.6) is 0 Å². The Morgan fingerprint density at radius 3 is 2.14 bits per heavy atom. The molecule has 0 atom stereocenters. The van der Waals surface area contributed by atoms with Gasteiger partial charge in [-0.15, -0.1) is 0 Å². The first kappa shape index (κ1) is 17.7. The maximum absolute atomic E-state index is 12.5. The van der Waals surface area contributed by atoms with Crippen LogP contribution in [0, 0.1) is 13.8 Å². The second kappa shape index (κ2) is 7.53. The minimum absolute atomic E-state index is 0.278. The highest BCUT2D eigenvalue weighted by Gasteiger charge is 2.15. The van der Waals surface area contributed by atoms with E-state index in [1.807, 2.05) is 84.3 Å². The van der Waals surface area contributed by atoms with Gasteiger partial charge in [-0.1, -0.05) is 66.7 Å². The summed E-state index contributed by atoms with van der Waals surface area (Å²) in [6, 6.07) is 27.6. The number of aryl methyl sites for hydroxylation is 2. The number of anilines is 2. The van der Waals surface area contributed by atoms with Crippen molar-refractivity contribution < 1.29 is 0 Å². The summed E-state index contributed by atoms with van der Waals surface area (Å²) >= 11 is 0. The number of hydrogen-bond acceptors (Lipinski definition) is 3. The zero-order valence-electron chi connectivity index (χ0n) is 15.9. The zero-order valence-corrected chi connectivity index (χ0v) is 15.9. The number of hydrogen-bond donors (Lipinski definition) is 1. The molecule has 4 rings (SSSR count). The third-order valence-electron chi connectivity index (χ3n) is 4.75. The highest BCUT2D eigenvalue weighted by atomic mass is 16.1. The van der Waals surface area contributed by atoms with Crippen molar-refractivity contribution in [2.24, 2.45) is 0 Å². The molecular formula is C24H21N3O. The maximum atomic E-state index is 12.5. The second-order valence-corrected chi connectivity index (χ2v) is 6.73. The first-order valence-corrected chi connectivity index (χ1v) is 9.21. The molecule has 0 aliphatic carbocycles. The molecule has 3 aromatic carbocycles. The first-order valence-electron chi connectivity index (χ1n) is 9.21. The average molecular weight is 367 g/mol. The van der Waals surface area contributed by atoms with Crippen LogP contribution in [0.1, 0.15) is 11.1 Å². The van der Waals surface area contributed by atoms with Crippen LogP contribution in [0.4, 0.5) is 11.6 Å². The van der Waals surface area contributed by atoms with E-state index in [-0.39, 0.29) is 5.56 Å². The van der Waals surface area contributed by atoms with Crippen molar-refractivity contribution in [3.05, 3.63) is 106 Å². The van der Waals surface area contributed by atoms with E-state index < -0.39 is 0 Å². The van der Waals surface area contributed by atoms with E-state index in [1.54, 1.807) is 6.07 Å². The van der Waals surface area contributed by atoms with Gasteiger partial charge in [0, 0.05) is 11.8 Å². The SMILES string of the molecule is Cc1ccccc1Nc1nc(=O)cc(-c2ccccc2)n1-c1ccccc1C. The molecule has 28 heavy (non-hydrogen) atoms. The van der Waals surface area contributed by atoms with Crippen LogP contribution < -0.4 is 10.9 Å². The van der Waals surface area contributed by atoms with Crippen LogP contribution >= 0.6 is 0 Å². The summed E-state index contributed by atoms with van der Waals surface area (Å²) in [6.45, 7) is 4.08. The molecule has 0 saturated heterocycles. The smallest absolute Gasteiger partial charge is 0.275 e. The van der Waals surface area contributed by atoms with Gasteiger partial charge in [0.25, 0.3) is 5.56 Å². The third kappa shape index (κ3) is 3.45. The third-order valence-corrected chi connectivity index (χ3v) is 4.75. The molecule has 0 aliphatic heterocycles. The molecule has 4 heteroatoms. The lowest BCUT2D eigenvalue weighted by Gasteiger charge is -2.21. The van der Waals surface area contributed by atoms with Gasteiger partial charge in [0.15, 0.2) is 0 Å². The van der Waals surface area contributed by atoms with Gasteiger partial charge in [0.05, 0.1) is 11.4 Å². The highest BCUT2D eigenvalue weighted by Crippen LogP contribution is 2.29. The molecule has 1 aromatic heterocycles. The van der Waals surface area contributed by atoms with Crippen molar-refractivity contribution in [3.8, 4) is 16.9 Å². The minimum atomic E-state index is -0.278. The Labute approximate surface area is 164 Å². The normalized spacial score (nSPS) is 10.6. The Morgan fingerprint density at radius 1 is 0.786 bits per heavy atom. The van der Waals surface area contributed by atoms with Gasteiger partial charge in [0.1, 0.15) is 0 Å². The summed E-state index contributed by atoms with van der Waals surface area (Å²) in [7, 11) is 0. The molecule has 0 fully saturated rings. The number of aromatic nitrogens is 2. The molecule has 1 heterocycles. The van der Waals surface area contributed by atoms with E-state index in [0.29, 0.717) is 5.95 Å². The van der Waals surface area contributed by atoms with Crippen LogP contribution in [-0.4, -0.2) is 9.55 Å². The Bertz CT molecular complexity index is 1180. The van der Waals surface area contributed by atoms with Crippen molar-refractivity contribution in [3.63, 3.8) is 0 Å². The van der Waals surface area contributed by atoms with Crippen molar-refractivity contribution in [2.45, 2.75) is 13.8 Å². The van der Waals surface area contributed by atoms with E-state index in [1.165, 1.54) is 0 Å². The molecule has 0 saturated carbocycles. The molecule has 0 amide bonds. The number of nitrogens with zero attached hydrogens (tertiary/aromatic N) is 2. The fourth-order valence-electron chi connectivity index (χ4n) is 3.28. The molecule has 0 bridgehead atoms. The summed E-state index contributed by atoms with van der Waals surface area (Å²) in [5.41, 5.74) is 5.55. The molecule has 0 unspecified atom stereocenters. The van der Waals surface area contributed by atoms with Crippen molar-refractivity contribution in [1.82, 2.24) is 9.55 Å². The van der Waals surface area contributed by atoms with E-state index in [0.717, 1.165) is 33.8 Å². The number of nitrogens with one attached hydrogen (secondary N) is 1. The van der Waals surface area contributed by atoms with Crippen LogP contribution in [0.25, 0.3) is 16.9 Å². The average Bonchev–Trinajstić information content (AvgIpc) is 2.71. The predicted octanol–water partition coefficient (Wildman–Crippen LogP) is 5.26. The lowest BCUT2D eigenvalue weighted by Crippen LogP contribution is -2.18. The van der Waals surface area contributed by atoms with Crippen molar-refractivity contribution in [2.75, 3.05) is 5.32 Å². The standard InChI is InChI=1S/C24H21N3O/c1-17-10-6-8-14-20(17)25-24-26-23(28)16-22(19-12-4-3-5-13-19)27(24)21-15-9-7-11-18(21)2/h3-16H,1-2H3,(H,25,26,28). The van der Waals surface area contributed by atoms with Gasteiger partial charge in [-0.25, -0.2) is 0 Å². The minimum Gasteiger partial charge on any atom is -0.325 e. The van der Waals surface area contributed by atoms with Crippen LogP contribution in [0.15, 0.2) is 89.7 Å². The molecule has 138 valence electrons. The Hall–Kier alpha value is -3.66. The first-order chi connectivity index (χ1) is 13.6. The molecule has 0 aliphatic rings. The van der Waals surface area contributed by atoms with Gasteiger partial charge in [-0.05, 0) is 42.7 Å². The van der Waals surface area contributed by atoms with Crippen molar-refractivity contribution in [1.29, 1.82) is 0 Å². The quantitative estimate of drug-likeness (QED) is 0.535. The Morgan fingerprint density at radius 2 is 1.43 bits per heavy atom. The molecule has 0 spiro atoms. The van der Waals surface area contributed by atoms with Crippen LogP contribution in [0.3, 0.4) is 0 Å². The second-order valence-electron chi connectivity index (χ2n) is 6.73. The molecule has 4 aromatic rings. The summed E-state index contributed by atoms with van der Waals surface area (Å²) < 4.78 is 2.01. The largest absolute Gasteiger partial charge is 0.325 e.